The van der Waals surface area contributed by atoms with Crippen molar-refractivity contribution >= 4 is 10.9 Å². The van der Waals surface area contributed by atoms with Crippen LogP contribution in [-0.2, 0) is 0 Å². The van der Waals surface area contributed by atoms with E-state index < -0.39 is 0 Å². The van der Waals surface area contributed by atoms with Gasteiger partial charge in [0.15, 0.2) is 0 Å². The van der Waals surface area contributed by atoms with Crippen LogP contribution >= 0.6 is 0 Å². The molecular weight excluding hydrogens is 210 g/mol. The third-order valence-electron chi connectivity index (χ3n) is 2.94. The largest absolute Gasteiger partial charge is 0.356 e. The van der Waals surface area contributed by atoms with Crippen molar-refractivity contribution in [3.8, 4) is 0 Å². The molecular formula is C14H13N3. The lowest BCUT2D eigenvalue weighted by Gasteiger charge is -2.11. The van der Waals surface area contributed by atoms with Gasteiger partial charge in [0, 0.05) is 23.6 Å². The van der Waals surface area contributed by atoms with Crippen molar-refractivity contribution in [2.75, 3.05) is 0 Å². The molecule has 2 aromatic heterocycles. The Balaban J connectivity index is 2.10. The molecule has 0 radical (unpaired) electrons. The summed E-state index contributed by atoms with van der Waals surface area (Å²) in [5.74, 6) is 0. The Morgan fingerprint density at radius 3 is 2.94 bits per heavy atom. The quantitative estimate of drug-likeness (QED) is 0.680. The highest BCUT2D eigenvalue weighted by atomic mass is 15.1. The van der Waals surface area contributed by atoms with Crippen LogP contribution in [0, 0.1) is 0 Å². The zero-order valence-electron chi connectivity index (χ0n) is 9.38. The van der Waals surface area contributed by atoms with Crippen LogP contribution in [0.25, 0.3) is 10.9 Å². The molecule has 17 heavy (non-hydrogen) atoms. The number of rotatable bonds is 3. The molecule has 84 valence electrons. The number of nitrogens with one attached hydrogen (secondary N) is 1. The number of hydrogen-bond donors (Lipinski definition) is 1. The maximum absolute atomic E-state index is 4.07. The molecule has 1 unspecified atom stereocenters. The molecule has 0 fully saturated rings. The number of nitrogens with zero attached hydrogens (tertiary/aromatic N) is 2. The predicted molar refractivity (Wildman–Crippen MR) is 68.9 cm³/mol. The molecule has 0 bridgehead atoms. The fraction of sp³-hybridized carbons (Fsp3) is 0.0714. The van der Waals surface area contributed by atoms with Gasteiger partial charge in [0.2, 0.25) is 0 Å². The number of aromatic nitrogens is 3. The molecule has 0 aliphatic carbocycles. The SMILES string of the molecule is C=CC(c1cc2ccccc2[nH]1)n1ccnc1. The normalized spacial score (nSPS) is 12.7. The minimum Gasteiger partial charge on any atom is -0.356 e. The molecule has 3 rings (SSSR count). The van der Waals surface area contributed by atoms with Gasteiger partial charge < -0.3 is 9.55 Å². The summed E-state index contributed by atoms with van der Waals surface area (Å²) >= 11 is 0. The Morgan fingerprint density at radius 2 is 2.24 bits per heavy atom. The van der Waals surface area contributed by atoms with E-state index in [1.165, 1.54) is 5.39 Å². The number of benzene rings is 1. The summed E-state index contributed by atoms with van der Waals surface area (Å²) in [5, 5.41) is 1.22. The second kappa shape index (κ2) is 3.94. The number of fused-ring (bicyclic) bond motifs is 1. The Morgan fingerprint density at radius 1 is 1.35 bits per heavy atom. The molecule has 0 amide bonds. The smallest absolute Gasteiger partial charge is 0.0954 e. The molecule has 0 aliphatic rings. The zero-order valence-corrected chi connectivity index (χ0v) is 9.38. The van der Waals surface area contributed by atoms with E-state index in [2.05, 4.69) is 34.7 Å². The first kappa shape index (κ1) is 9.90. The van der Waals surface area contributed by atoms with Gasteiger partial charge in [0.1, 0.15) is 0 Å². The van der Waals surface area contributed by atoms with Crippen molar-refractivity contribution in [2.24, 2.45) is 0 Å². The molecule has 1 N–H and O–H groups in total. The van der Waals surface area contributed by atoms with Crippen LogP contribution in [0.1, 0.15) is 11.7 Å². The summed E-state index contributed by atoms with van der Waals surface area (Å²) in [6, 6.07) is 10.5. The van der Waals surface area contributed by atoms with Crippen LogP contribution in [0.3, 0.4) is 0 Å². The van der Waals surface area contributed by atoms with Crippen molar-refractivity contribution in [3.63, 3.8) is 0 Å². The summed E-state index contributed by atoms with van der Waals surface area (Å²) in [6.07, 6.45) is 7.43. The third-order valence-corrected chi connectivity index (χ3v) is 2.94. The fourth-order valence-electron chi connectivity index (χ4n) is 2.10. The van der Waals surface area contributed by atoms with Crippen molar-refractivity contribution in [1.82, 2.24) is 14.5 Å². The third kappa shape index (κ3) is 1.65. The van der Waals surface area contributed by atoms with Crippen molar-refractivity contribution in [3.05, 3.63) is 67.4 Å². The van der Waals surface area contributed by atoms with Crippen molar-refractivity contribution in [1.29, 1.82) is 0 Å². The van der Waals surface area contributed by atoms with E-state index in [1.807, 2.05) is 29.0 Å². The Hall–Kier alpha value is -2.29. The van der Waals surface area contributed by atoms with Crippen LogP contribution in [0.5, 0.6) is 0 Å². The van der Waals surface area contributed by atoms with Gasteiger partial charge in [0.25, 0.3) is 0 Å². The van der Waals surface area contributed by atoms with E-state index in [9.17, 15) is 0 Å². The first-order valence-electron chi connectivity index (χ1n) is 5.56. The van der Waals surface area contributed by atoms with Gasteiger partial charge in [-0.3, -0.25) is 0 Å². The van der Waals surface area contributed by atoms with Crippen LogP contribution in [0.15, 0.2) is 61.7 Å². The summed E-state index contributed by atoms with van der Waals surface area (Å²) in [5.41, 5.74) is 2.27. The molecule has 3 nitrogen and oxygen atoms in total. The lowest BCUT2D eigenvalue weighted by atomic mass is 10.2. The van der Waals surface area contributed by atoms with E-state index in [-0.39, 0.29) is 6.04 Å². The number of para-hydroxylation sites is 1. The molecule has 1 atom stereocenters. The summed E-state index contributed by atoms with van der Waals surface area (Å²) in [7, 11) is 0. The summed E-state index contributed by atoms with van der Waals surface area (Å²) in [6.45, 7) is 3.89. The number of aromatic amines is 1. The van der Waals surface area contributed by atoms with E-state index in [0.717, 1.165) is 11.2 Å². The van der Waals surface area contributed by atoms with E-state index in [0.29, 0.717) is 0 Å². The minimum atomic E-state index is 0.102. The lowest BCUT2D eigenvalue weighted by Crippen LogP contribution is -2.05. The van der Waals surface area contributed by atoms with E-state index >= 15 is 0 Å². The highest BCUT2D eigenvalue weighted by Gasteiger charge is 2.11. The van der Waals surface area contributed by atoms with Gasteiger partial charge in [-0.05, 0) is 17.5 Å². The molecule has 3 heteroatoms. The molecule has 0 saturated carbocycles. The minimum absolute atomic E-state index is 0.102. The second-order valence-electron chi connectivity index (χ2n) is 4.00. The van der Waals surface area contributed by atoms with Crippen LogP contribution < -0.4 is 0 Å². The zero-order chi connectivity index (χ0) is 11.7. The highest BCUT2D eigenvalue weighted by Crippen LogP contribution is 2.23. The van der Waals surface area contributed by atoms with Gasteiger partial charge in [-0.1, -0.05) is 24.3 Å². The monoisotopic (exact) mass is 223 g/mol. The van der Waals surface area contributed by atoms with E-state index in [4.69, 9.17) is 0 Å². The summed E-state index contributed by atoms with van der Waals surface area (Å²) < 4.78 is 2.03. The number of H-pyrrole nitrogens is 1. The molecule has 0 spiro atoms. The van der Waals surface area contributed by atoms with Gasteiger partial charge in [-0.25, -0.2) is 4.98 Å². The van der Waals surface area contributed by atoms with Gasteiger partial charge in [-0.2, -0.15) is 0 Å². The topological polar surface area (TPSA) is 33.6 Å². The average Bonchev–Trinajstić information content (AvgIpc) is 2.98. The molecule has 1 aromatic carbocycles. The molecule has 2 heterocycles. The second-order valence-corrected chi connectivity index (χ2v) is 4.00. The standard InChI is InChI=1S/C14H13N3/c1-2-14(17-8-7-15-10-17)13-9-11-5-3-4-6-12(11)16-13/h2-10,14,16H,1H2. The molecule has 0 aliphatic heterocycles. The maximum Gasteiger partial charge on any atom is 0.0954 e. The Kier molecular flexibility index (Phi) is 2.29. The van der Waals surface area contributed by atoms with E-state index in [1.54, 1.807) is 12.5 Å². The fourth-order valence-corrected chi connectivity index (χ4v) is 2.10. The van der Waals surface area contributed by atoms with Crippen molar-refractivity contribution in [2.45, 2.75) is 6.04 Å². The number of allylic oxidation sites excluding steroid dienone is 1. The summed E-state index contributed by atoms with van der Waals surface area (Å²) in [4.78, 5) is 7.49. The average molecular weight is 223 g/mol. The maximum atomic E-state index is 4.07. The Labute approximate surface area is 99.4 Å². The molecule has 3 aromatic rings. The first-order valence-corrected chi connectivity index (χ1v) is 5.56. The number of imidazole rings is 1. The van der Waals surface area contributed by atoms with Crippen LogP contribution in [0.2, 0.25) is 0 Å². The predicted octanol–water partition coefficient (Wildman–Crippen LogP) is 3.14. The lowest BCUT2D eigenvalue weighted by molar-refractivity contribution is 0.685. The Bertz CT molecular complexity index is 601. The van der Waals surface area contributed by atoms with Crippen LogP contribution in [0.4, 0.5) is 0 Å². The number of hydrogen-bond acceptors (Lipinski definition) is 1. The first-order chi connectivity index (χ1) is 8.38. The van der Waals surface area contributed by atoms with Gasteiger partial charge in [-0.15, -0.1) is 6.58 Å². The van der Waals surface area contributed by atoms with Crippen LogP contribution in [-0.4, -0.2) is 14.5 Å². The molecule has 0 saturated heterocycles. The van der Waals surface area contributed by atoms with Gasteiger partial charge >= 0.3 is 0 Å². The van der Waals surface area contributed by atoms with Crippen molar-refractivity contribution < 1.29 is 0 Å². The highest BCUT2D eigenvalue weighted by molar-refractivity contribution is 5.80. The van der Waals surface area contributed by atoms with Gasteiger partial charge in [0.05, 0.1) is 12.4 Å².